The van der Waals surface area contributed by atoms with Crippen molar-refractivity contribution in [3.05, 3.63) is 59.5 Å². The van der Waals surface area contributed by atoms with Gasteiger partial charge in [-0.15, -0.1) is 0 Å². The van der Waals surface area contributed by atoms with Gasteiger partial charge in [0.15, 0.2) is 5.96 Å². The van der Waals surface area contributed by atoms with E-state index in [-0.39, 0.29) is 5.91 Å². The fraction of sp³-hybridized carbons (Fsp3) is 0.429. The van der Waals surface area contributed by atoms with Gasteiger partial charge in [0, 0.05) is 18.7 Å². The number of amides is 1. The molecule has 0 radical (unpaired) electrons. The Balaban J connectivity index is 1.88. The van der Waals surface area contributed by atoms with E-state index in [1.807, 2.05) is 36.0 Å². The number of rotatable bonds is 11. The monoisotopic (exact) mass is 402 g/mol. The lowest BCUT2D eigenvalue weighted by Crippen LogP contribution is -2.37. The van der Waals surface area contributed by atoms with Crippen LogP contribution in [-0.4, -0.2) is 37.0 Å². The van der Waals surface area contributed by atoms with E-state index >= 15 is 0 Å². The molecule has 0 atom stereocenters. The summed E-state index contributed by atoms with van der Waals surface area (Å²) in [5, 5.41) is 9.49. The Morgan fingerprint density at radius 2 is 2.04 bits per heavy atom. The van der Waals surface area contributed by atoms with E-state index < -0.39 is 0 Å². The van der Waals surface area contributed by atoms with Gasteiger partial charge in [-0.25, -0.2) is 4.99 Å². The SMILES string of the molecule is CCNC(=NCc1cccc(C(=O)NCc2ccco2)c1)NCCCCSC. The van der Waals surface area contributed by atoms with Gasteiger partial charge in [-0.2, -0.15) is 11.8 Å². The number of benzene rings is 1. The minimum absolute atomic E-state index is 0.124. The third-order valence-electron chi connectivity index (χ3n) is 4.02. The number of hydrogen-bond donors (Lipinski definition) is 3. The van der Waals surface area contributed by atoms with Crippen molar-refractivity contribution in [2.45, 2.75) is 32.9 Å². The van der Waals surface area contributed by atoms with Gasteiger partial charge in [0.05, 0.1) is 19.4 Å². The number of unbranched alkanes of at least 4 members (excludes halogenated alkanes) is 1. The average Bonchev–Trinajstić information content (AvgIpc) is 3.24. The van der Waals surface area contributed by atoms with Crippen molar-refractivity contribution < 1.29 is 9.21 Å². The van der Waals surface area contributed by atoms with Crippen molar-refractivity contribution in [2.75, 3.05) is 25.1 Å². The number of carbonyl (C=O) groups is 1. The molecule has 0 aliphatic rings. The maximum absolute atomic E-state index is 12.3. The predicted octanol–water partition coefficient (Wildman–Crippen LogP) is 3.41. The van der Waals surface area contributed by atoms with Crippen LogP contribution in [0, 0.1) is 0 Å². The van der Waals surface area contributed by atoms with Gasteiger partial charge in [-0.05, 0) is 61.6 Å². The molecule has 2 aromatic rings. The molecule has 1 amide bonds. The summed E-state index contributed by atoms with van der Waals surface area (Å²) in [4.78, 5) is 17.0. The summed E-state index contributed by atoms with van der Waals surface area (Å²) in [5.41, 5.74) is 1.61. The van der Waals surface area contributed by atoms with Gasteiger partial charge in [0.1, 0.15) is 5.76 Å². The molecular formula is C21H30N4O2S. The minimum atomic E-state index is -0.124. The van der Waals surface area contributed by atoms with Gasteiger partial charge in [0.2, 0.25) is 0 Å². The maximum atomic E-state index is 12.3. The van der Waals surface area contributed by atoms with E-state index in [1.165, 1.54) is 12.2 Å². The molecule has 1 heterocycles. The molecule has 152 valence electrons. The molecule has 3 N–H and O–H groups in total. The fourth-order valence-corrected chi connectivity index (χ4v) is 3.08. The topological polar surface area (TPSA) is 78.7 Å². The lowest BCUT2D eigenvalue weighted by atomic mass is 10.1. The molecule has 0 aliphatic carbocycles. The van der Waals surface area contributed by atoms with Crippen LogP contribution in [0.3, 0.4) is 0 Å². The van der Waals surface area contributed by atoms with Crippen molar-refractivity contribution in [1.29, 1.82) is 0 Å². The Morgan fingerprint density at radius 3 is 2.79 bits per heavy atom. The number of carbonyl (C=O) groups excluding carboxylic acids is 1. The second-order valence-electron chi connectivity index (χ2n) is 6.28. The number of aliphatic imine (C=N–C) groups is 1. The predicted molar refractivity (Wildman–Crippen MR) is 117 cm³/mol. The van der Waals surface area contributed by atoms with Gasteiger partial charge in [-0.3, -0.25) is 4.79 Å². The molecule has 6 nitrogen and oxygen atoms in total. The molecule has 0 saturated heterocycles. The fourth-order valence-electron chi connectivity index (χ4n) is 2.58. The molecule has 7 heteroatoms. The number of thioether (sulfide) groups is 1. The van der Waals surface area contributed by atoms with E-state index in [0.717, 1.165) is 36.8 Å². The number of nitrogens with zero attached hydrogens (tertiary/aromatic N) is 1. The van der Waals surface area contributed by atoms with Gasteiger partial charge in [0.25, 0.3) is 5.91 Å². The summed E-state index contributed by atoms with van der Waals surface area (Å²) in [7, 11) is 0. The lowest BCUT2D eigenvalue weighted by molar-refractivity contribution is 0.0948. The molecule has 2 rings (SSSR count). The van der Waals surface area contributed by atoms with E-state index in [0.29, 0.717) is 18.7 Å². The van der Waals surface area contributed by atoms with Crippen molar-refractivity contribution in [3.63, 3.8) is 0 Å². The largest absolute Gasteiger partial charge is 0.467 e. The molecule has 0 fully saturated rings. The third kappa shape index (κ3) is 8.08. The second-order valence-corrected chi connectivity index (χ2v) is 7.27. The molecular weight excluding hydrogens is 372 g/mol. The van der Waals surface area contributed by atoms with Crippen LogP contribution in [0.25, 0.3) is 0 Å². The lowest BCUT2D eigenvalue weighted by Gasteiger charge is -2.11. The first kappa shape index (κ1) is 21.9. The number of hydrogen-bond acceptors (Lipinski definition) is 4. The average molecular weight is 403 g/mol. The molecule has 1 aromatic carbocycles. The summed E-state index contributed by atoms with van der Waals surface area (Å²) >= 11 is 1.87. The number of guanidine groups is 1. The first-order valence-corrected chi connectivity index (χ1v) is 11.0. The van der Waals surface area contributed by atoms with Gasteiger partial charge >= 0.3 is 0 Å². The molecule has 0 aliphatic heterocycles. The first-order valence-electron chi connectivity index (χ1n) is 9.63. The zero-order valence-electron chi connectivity index (χ0n) is 16.7. The summed E-state index contributed by atoms with van der Waals surface area (Å²) in [5.74, 6) is 2.60. The standard InChI is InChI=1S/C21H30N4O2S/c1-3-22-21(23-11-4-5-13-28-2)25-15-17-8-6-9-18(14-17)20(26)24-16-19-10-7-12-27-19/h6-10,12,14H,3-5,11,13,15-16H2,1-2H3,(H,24,26)(H2,22,23,25). The summed E-state index contributed by atoms with van der Waals surface area (Å²) in [6.45, 7) is 4.65. The van der Waals surface area contributed by atoms with Crippen molar-refractivity contribution >= 4 is 23.6 Å². The molecule has 0 bridgehead atoms. The van der Waals surface area contributed by atoms with E-state index in [1.54, 1.807) is 18.4 Å². The Labute approximate surface area is 171 Å². The van der Waals surface area contributed by atoms with Crippen LogP contribution in [0.5, 0.6) is 0 Å². The summed E-state index contributed by atoms with van der Waals surface area (Å²) in [6.07, 6.45) is 6.04. The summed E-state index contributed by atoms with van der Waals surface area (Å²) < 4.78 is 5.24. The normalized spacial score (nSPS) is 11.3. The third-order valence-corrected chi connectivity index (χ3v) is 4.72. The molecule has 1 aromatic heterocycles. The van der Waals surface area contributed by atoms with Gasteiger partial charge < -0.3 is 20.4 Å². The van der Waals surface area contributed by atoms with Crippen LogP contribution >= 0.6 is 11.8 Å². The molecule has 28 heavy (non-hydrogen) atoms. The van der Waals surface area contributed by atoms with Crippen LogP contribution in [0.2, 0.25) is 0 Å². The van der Waals surface area contributed by atoms with E-state index in [4.69, 9.17) is 4.42 Å². The van der Waals surface area contributed by atoms with Crippen LogP contribution in [0.1, 0.15) is 41.4 Å². The maximum Gasteiger partial charge on any atom is 0.251 e. The van der Waals surface area contributed by atoms with E-state index in [2.05, 4.69) is 34.1 Å². The zero-order valence-corrected chi connectivity index (χ0v) is 17.5. The quantitative estimate of drug-likeness (QED) is 0.305. The highest BCUT2D eigenvalue weighted by molar-refractivity contribution is 7.98. The molecule has 0 spiro atoms. The smallest absolute Gasteiger partial charge is 0.251 e. The van der Waals surface area contributed by atoms with Crippen molar-refractivity contribution in [1.82, 2.24) is 16.0 Å². The second kappa shape index (κ2) is 12.9. The van der Waals surface area contributed by atoms with Crippen LogP contribution in [0.15, 0.2) is 52.1 Å². The minimum Gasteiger partial charge on any atom is -0.467 e. The molecule has 0 saturated carbocycles. The Kier molecular flexibility index (Phi) is 10.1. The van der Waals surface area contributed by atoms with Crippen LogP contribution in [0.4, 0.5) is 0 Å². The summed E-state index contributed by atoms with van der Waals surface area (Å²) in [6, 6.07) is 11.2. The number of furan rings is 1. The van der Waals surface area contributed by atoms with Crippen molar-refractivity contribution in [2.24, 2.45) is 4.99 Å². The van der Waals surface area contributed by atoms with Gasteiger partial charge in [-0.1, -0.05) is 12.1 Å². The first-order chi connectivity index (χ1) is 13.7. The number of nitrogens with one attached hydrogen (secondary N) is 3. The Morgan fingerprint density at radius 1 is 1.14 bits per heavy atom. The highest BCUT2D eigenvalue weighted by Gasteiger charge is 2.07. The zero-order chi connectivity index (χ0) is 20.0. The Bertz CT molecular complexity index is 732. The highest BCUT2D eigenvalue weighted by Crippen LogP contribution is 2.08. The Hall–Kier alpha value is -2.41. The van der Waals surface area contributed by atoms with Crippen molar-refractivity contribution in [3.8, 4) is 0 Å². The van der Waals surface area contributed by atoms with Crippen LogP contribution < -0.4 is 16.0 Å². The highest BCUT2D eigenvalue weighted by atomic mass is 32.2. The van der Waals surface area contributed by atoms with E-state index in [9.17, 15) is 4.79 Å². The molecule has 0 unspecified atom stereocenters. The van der Waals surface area contributed by atoms with Crippen LogP contribution in [-0.2, 0) is 13.1 Å².